The van der Waals surface area contributed by atoms with Gasteiger partial charge in [0.1, 0.15) is 5.56 Å². The largest absolute Gasteiger partial charge is 0.373 e. The second-order valence-electron chi connectivity index (χ2n) is 2.78. The second-order valence-corrected chi connectivity index (χ2v) is 2.78. The van der Waals surface area contributed by atoms with Crippen molar-refractivity contribution in [2.75, 3.05) is 0 Å². The zero-order valence-electron chi connectivity index (χ0n) is 7.61. The summed E-state index contributed by atoms with van der Waals surface area (Å²) < 4.78 is 24.7. The van der Waals surface area contributed by atoms with E-state index in [0.717, 1.165) is 6.07 Å². The number of rotatable bonds is 3. The van der Waals surface area contributed by atoms with Gasteiger partial charge in [-0.2, -0.15) is 0 Å². The summed E-state index contributed by atoms with van der Waals surface area (Å²) >= 11 is 0. The first kappa shape index (κ1) is 11.2. The van der Waals surface area contributed by atoms with Gasteiger partial charge in [-0.25, -0.2) is 8.78 Å². The van der Waals surface area contributed by atoms with Crippen LogP contribution in [-0.2, 0) is 0 Å². The number of hydrogen-bond acceptors (Lipinski definition) is 4. The fraction of sp³-hybridized carbons (Fsp3) is 0.250. The van der Waals surface area contributed by atoms with Crippen LogP contribution in [0, 0.1) is 17.0 Å². The average Bonchev–Trinajstić information content (AvgIpc) is 2.16. The topological polar surface area (TPSA) is 73.1 Å². The minimum absolute atomic E-state index is 0.186. The normalized spacial score (nSPS) is 10.4. The highest BCUT2D eigenvalue weighted by Gasteiger charge is 2.25. The molecule has 0 atom stereocenters. The summed E-state index contributed by atoms with van der Waals surface area (Å²) in [6.07, 6.45) is -2.70. The molecule has 0 aliphatic carbocycles. The number of carbonyl (C=O) groups excluding carboxylic acids is 1. The number of pyridine rings is 1. The van der Waals surface area contributed by atoms with Crippen molar-refractivity contribution < 1.29 is 18.5 Å². The van der Waals surface area contributed by atoms with E-state index < -0.39 is 22.7 Å². The number of alkyl halides is 2. The Morgan fingerprint density at radius 1 is 1.60 bits per heavy atom. The van der Waals surface area contributed by atoms with Gasteiger partial charge in [0.25, 0.3) is 6.43 Å². The van der Waals surface area contributed by atoms with Crippen LogP contribution in [0.15, 0.2) is 6.07 Å². The van der Waals surface area contributed by atoms with Gasteiger partial charge in [0.2, 0.25) is 5.69 Å². The Bertz CT molecular complexity index is 421. The van der Waals surface area contributed by atoms with Crippen LogP contribution in [0.4, 0.5) is 14.6 Å². The lowest BCUT2D eigenvalue weighted by molar-refractivity contribution is -0.391. The summed E-state index contributed by atoms with van der Waals surface area (Å²) in [6.45, 7) is 1.38. The molecular weight excluding hydrogens is 210 g/mol. The molecule has 0 saturated carbocycles. The SMILES string of the molecule is Cc1cc(C(F)F)c([N+](=O)[O-])nc1C=O. The molecule has 0 bridgehead atoms. The summed E-state index contributed by atoms with van der Waals surface area (Å²) in [5, 5.41) is 10.4. The maximum absolute atomic E-state index is 12.4. The second kappa shape index (κ2) is 4.07. The van der Waals surface area contributed by atoms with Gasteiger partial charge in [-0.15, -0.1) is 0 Å². The first-order valence-corrected chi connectivity index (χ1v) is 3.86. The lowest BCUT2D eigenvalue weighted by Crippen LogP contribution is -2.03. The molecular formula is C8H6F2N2O3. The smallest absolute Gasteiger partial charge is 0.358 e. The summed E-state index contributed by atoms with van der Waals surface area (Å²) in [4.78, 5) is 23.0. The highest BCUT2D eigenvalue weighted by atomic mass is 19.3. The van der Waals surface area contributed by atoms with Gasteiger partial charge < -0.3 is 10.1 Å². The third-order valence-corrected chi connectivity index (χ3v) is 1.78. The molecule has 80 valence electrons. The van der Waals surface area contributed by atoms with Crippen molar-refractivity contribution in [1.82, 2.24) is 4.98 Å². The Labute approximate surface area is 82.9 Å². The predicted molar refractivity (Wildman–Crippen MR) is 46.0 cm³/mol. The molecule has 0 unspecified atom stereocenters. The number of halogens is 2. The maximum Gasteiger partial charge on any atom is 0.373 e. The minimum Gasteiger partial charge on any atom is -0.358 e. The molecule has 0 saturated heterocycles. The highest BCUT2D eigenvalue weighted by molar-refractivity contribution is 5.75. The Hall–Kier alpha value is -1.92. The van der Waals surface area contributed by atoms with Crippen molar-refractivity contribution in [1.29, 1.82) is 0 Å². The van der Waals surface area contributed by atoms with Crippen molar-refractivity contribution in [3.63, 3.8) is 0 Å². The molecule has 7 heteroatoms. The number of aldehydes is 1. The summed E-state index contributed by atoms with van der Waals surface area (Å²) in [7, 11) is 0. The summed E-state index contributed by atoms with van der Waals surface area (Å²) in [5.74, 6) is -0.974. The number of hydrogen-bond donors (Lipinski definition) is 0. The number of carbonyl (C=O) groups is 1. The summed E-state index contributed by atoms with van der Waals surface area (Å²) in [6, 6.07) is 0.902. The minimum atomic E-state index is -2.99. The molecule has 1 rings (SSSR count). The first-order valence-electron chi connectivity index (χ1n) is 3.86. The average molecular weight is 216 g/mol. The molecule has 0 spiro atoms. The molecule has 15 heavy (non-hydrogen) atoms. The molecule has 0 radical (unpaired) electrons. The zero-order valence-corrected chi connectivity index (χ0v) is 7.61. The Morgan fingerprint density at radius 3 is 2.60 bits per heavy atom. The Kier molecular flexibility index (Phi) is 3.03. The van der Waals surface area contributed by atoms with Crippen molar-refractivity contribution in [3.05, 3.63) is 33.0 Å². The molecule has 0 aliphatic rings. The third kappa shape index (κ3) is 2.12. The van der Waals surface area contributed by atoms with Crippen LogP contribution >= 0.6 is 0 Å². The number of nitro groups is 1. The van der Waals surface area contributed by atoms with E-state index in [0.29, 0.717) is 0 Å². The molecule has 0 amide bonds. The van der Waals surface area contributed by atoms with Crippen LogP contribution in [0.3, 0.4) is 0 Å². The van der Waals surface area contributed by atoms with E-state index >= 15 is 0 Å². The standard InChI is InChI=1S/C8H6F2N2O3/c1-4-2-5(7(9)10)8(12(14)15)11-6(4)3-13/h2-3,7H,1H3. The third-order valence-electron chi connectivity index (χ3n) is 1.78. The first-order chi connectivity index (χ1) is 6.97. The van der Waals surface area contributed by atoms with Gasteiger partial charge in [0.15, 0.2) is 6.29 Å². The predicted octanol–water partition coefficient (Wildman–Crippen LogP) is 2.05. The molecule has 0 aromatic carbocycles. The number of nitrogens with zero attached hydrogens (tertiary/aromatic N) is 2. The van der Waals surface area contributed by atoms with E-state index in [1.807, 2.05) is 0 Å². The van der Waals surface area contributed by atoms with E-state index in [9.17, 15) is 23.7 Å². The van der Waals surface area contributed by atoms with Crippen molar-refractivity contribution in [2.24, 2.45) is 0 Å². The van der Waals surface area contributed by atoms with Crippen LogP contribution in [0.5, 0.6) is 0 Å². The van der Waals surface area contributed by atoms with Crippen LogP contribution in [0.1, 0.15) is 28.0 Å². The lowest BCUT2D eigenvalue weighted by Gasteiger charge is -2.02. The number of aryl methyl sites for hydroxylation is 1. The monoisotopic (exact) mass is 216 g/mol. The molecule has 0 fully saturated rings. The van der Waals surface area contributed by atoms with E-state index in [1.54, 1.807) is 0 Å². The van der Waals surface area contributed by atoms with E-state index in [1.165, 1.54) is 6.92 Å². The number of aromatic nitrogens is 1. The fourth-order valence-corrected chi connectivity index (χ4v) is 1.06. The quantitative estimate of drug-likeness (QED) is 0.440. The van der Waals surface area contributed by atoms with Crippen LogP contribution in [0.25, 0.3) is 0 Å². The van der Waals surface area contributed by atoms with E-state index in [4.69, 9.17) is 0 Å². The van der Waals surface area contributed by atoms with Gasteiger partial charge in [0, 0.05) is 5.56 Å². The zero-order chi connectivity index (χ0) is 11.6. The van der Waals surface area contributed by atoms with Gasteiger partial charge in [-0.1, -0.05) is 0 Å². The van der Waals surface area contributed by atoms with Gasteiger partial charge >= 0.3 is 5.82 Å². The molecule has 0 N–H and O–H groups in total. The van der Waals surface area contributed by atoms with Crippen molar-refractivity contribution in [2.45, 2.75) is 13.3 Å². The van der Waals surface area contributed by atoms with Gasteiger partial charge in [0.05, 0.1) is 0 Å². The van der Waals surface area contributed by atoms with E-state index in [-0.39, 0.29) is 17.5 Å². The highest BCUT2D eigenvalue weighted by Crippen LogP contribution is 2.28. The summed E-state index contributed by atoms with van der Waals surface area (Å²) in [5.41, 5.74) is -0.792. The van der Waals surface area contributed by atoms with Crippen LogP contribution in [0.2, 0.25) is 0 Å². The molecule has 1 heterocycles. The Morgan fingerprint density at radius 2 is 2.20 bits per heavy atom. The van der Waals surface area contributed by atoms with E-state index in [2.05, 4.69) is 4.98 Å². The molecule has 1 aromatic rings. The van der Waals surface area contributed by atoms with Crippen molar-refractivity contribution in [3.8, 4) is 0 Å². The van der Waals surface area contributed by atoms with Crippen LogP contribution < -0.4 is 0 Å². The molecule has 0 aliphatic heterocycles. The van der Waals surface area contributed by atoms with Crippen LogP contribution in [-0.4, -0.2) is 16.2 Å². The molecule has 5 nitrogen and oxygen atoms in total. The Balaban J connectivity index is 3.45. The van der Waals surface area contributed by atoms with Crippen molar-refractivity contribution >= 4 is 12.1 Å². The van der Waals surface area contributed by atoms with Gasteiger partial charge in [-0.05, 0) is 22.9 Å². The maximum atomic E-state index is 12.4. The van der Waals surface area contributed by atoms with Gasteiger partial charge in [-0.3, -0.25) is 4.79 Å². The lowest BCUT2D eigenvalue weighted by atomic mass is 10.1. The fourth-order valence-electron chi connectivity index (χ4n) is 1.06. The molecule has 1 aromatic heterocycles.